The molecule has 0 unspecified atom stereocenters. The van der Waals surface area contributed by atoms with Crippen LogP contribution in [0.2, 0.25) is 0 Å². The molecule has 1 fully saturated rings. The highest BCUT2D eigenvalue weighted by molar-refractivity contribution is 8.18. The lowest BCUT2D eigenvalue weighted by Crippen LogP contribution is -2.23. The number of carbonyl (C=O) groups excluding carboxylic acids is 1. The first-order chi connectivity index (χ1) is 13.5. The summed E-state index contributed by atoms with van der Waals surface area (Å²) < 4.78 is 0. The molecule has 0 atom stereocenters. The summed E-state index contributed by atoms with van der Waals surface area (Å²) in [5.41, 5.74) is 1.38. The Hall–Kier alpha value is -3.38. The van der Waals surface area contributed by atoms with Crippen molar-refractivity contribution in [2.24, 2.45) is 4.99 Å². The zero-order valence-electron chi connectivity index (χ0n) is 15.0. The number of benzene rings is 3. The second-order valence-corrected chi connectivity index (χ2v) is 7.27. The number of carboxylic acid groups (broad SMARTS) is 1. The van der Waals surface area contributed by atoms with E-state index in [0.29, 0.717) is 15.8 Å². The molecule has 0 radical (unpaired) electrons. The van der Waals surface area contributed by atoms with Gasteiger partial charge in [0.25, 0.3) is 5.91 Å². The standard InChI is InChI=1S/C22H16N2O3S/c1-24-20(25)19(13-15-9-6-8-14-7-2-3-10-16(14)15)28-22(24)23-18-12-5-4-11-17(18)21(26)27/h2-13H,1H3,(H,26,27)/b19-13-,23-22?. The van der Waals surface area contributed by atoms with Gasteiger partial charge in [0.05, 0.1) is 16.2 Å². The number of aromatic carboxylic acids is 1. The highest BCUT2D eigenvalue weighted by Crippen LogP contribution is 2.35. The third kappa shape index (κ3) is 3.30. The Labute approximate surface area is 166 Å². The van der Waals surface area contributed by atoms with Crippen molar-refractivity contribution < 1.29 is 14.7 Å². The van der Waals surface area contributed by atoms with Crippen molar-refractivity contribution in [1.82, 2.24) is 4.90 Å². The third-order valence-electron chi connectivity index (χ3n) is 4.46. The molecule has 0 spiro atoms. The van der Waals surface area contributed by atoms with Gasteiger partial charge in [0, 0.05) is 7.05 Å². The normalized spacial score (nSPS) is 17.0. The number of carboxylic acids is 1. The van der Waals surface area contributed by atoms with Gasteiger partial charge in [-0.15, -0.1) is 0 Å². The second-order valence-electron chi connectivity index (χ2n) is 6.26. The minimum absolute atomic E-state index is 0.0999. The fraction of sp³-hybridized carbons (Fsp3) is 0.0455. The summed E-state index contributed by atoms with van der Waals surface area (Å²) in [5, 5.41) is 12.0. The van der Waals surface area contributed by atoms with Gasteiger partial charge < -0.3 is 5.11 Å². The fourth-order valence-electron chi connectivity index (χ4n) is 3.02. The van der Waals surface area contributed by atoms with Crippen molar-refractivity contribution in [3.8, 4) is 0 Å². The van der Waals surface area contributed by atoms with E-state index in [2.05, 4.69) is 4.99 Å². The van der Waals surface area contributed by atoms with Crippen molar-refractivity contribution in [2.45, 2.75) is 0 Å². The molecule has 0 bridgehead atoms. The van der Waals surface area contributed by atoms with Crippen LogP contribution in [0.3, 0.4) is 0 Å². The summed E-state index contributed by atoms with van der Waals surface area (Å²) in [6, 6.07) is 20.5. The maximum atomic E-state index is 12.7. The lowest BCUT2D eigenvalue weighted by molar-refractivity contribution is -0.121. The van der Waals surface area contributed by atoms with Gasteiger partial charge in [-0.05, 0) is 46.3 Å². The van der Waals surface area contributed by atoms with E-state index in [4.69, 9.17) is 0 Å². The maximum absolute atomic E-state index is 12.7. The predicted octanol–water partition coefficient (Wildman–Crippen LogP) is 4.77. The molecule has 3 aromatic rings. The highest BCUT2D eigenvalue weighted by atomic mass is 32.2. The number of hydrogen-bond donors (Lipinski definition) is 1. The van der Waals surface area contributed by atoms with Crippen LogP contribution in [0.15, 0.2) is 76.6 Å². The van der Waals surface area contributed by atoms with Gasteiger partial charge >= 0.3 is 5.97 Å². The van der Waals surface area contributed by atoms with Gasteiger partial charge in [0.15, 0.2) is 5.17 Å². The van der Waals surface area contributed by atoms with Crippen LogP contribution in [0.1, 0.15) is 15.9 Å². The molecule has 6 heteroatoms. The predicted molar refractivity (Wildman–Crippen MR) is 113 cm³/mol. The summed E-state index contributed by atoms with van der Waals surface area (Å²) in [6.07, 6.45) is 1.86. The lowest BCUT2D eigenvalue weighted by atomic mass is 10.0. The van der Waals surface area contributed by atoms with E-state index >= 15 is 0 Å². The van der Waals surface area contributed by atoms with Crippen LogP contribution >= 0.6 is 11.8 Å². The van der Waals surface area contributed by atoms with E-state index < -0.39 is 5.97 Å². The number of nitrogens with zero attached hydrogens (tertiary/aromatic N) is 2. The first-order valence-corrected chi connectivity index (χ1v) is 9.42. The van der Waals surface area contributed by atoms with Crippen LogP contribution in [0, 0.1) is 0 Å². The number of likely N-dealkylation sites (N-methyl/N-ethyl adjacent to an activating group) is 1. The molecule has 1 amide bonds. The Morgan fingerprint density at radius 3 is 2.57 bits per heavy atom. The highest BCUT2D eigenvalue weighted by Gasteiger charge is 2.30. The van der Waals surface area contributed by atoms with E-state index in [9.17, 15) is 14.7 Å². The molecule has 0 saturated carbocycles. The molecular formula is C22H16N2O3S. The molecule has 3 aromatic carbocycles. The van der Waals surface area contributed by atoms with Crippen molar-refractivity contribution in [2.75, 3.05) is 7.05 Å². The fourth-order valence-corrected chi connectivity index (χ4v) is 3.99. The summed E-state index contributed by atoms with van der Waals surface area (Å²) in [6.45, 7) is 0. The smallest absolute Gasteiger partial charge is 0.337 e. The first kappa shape index (κ1) is 18.0. The van der Waals surface area contributed by atoms with Crippen LogP contribution < -0.4 is 0 Å². The van der Waals surface area contributed by atoms with Crippen LogP contribution in [0.25, 0.3) is 16.8 Å². The van der Waals surface area contributed by atoms with Crippen LogP contribution in [0.4, 0.5) is 5.69 Å². The van der Waals surface area contributed by atoms with Crippen molar-refractivity contribution in [3.63, 3.8) is 0 Å². The minimum Gasteiger partial charge on any atom is -0.478 e. The van der Waals surface area contributed by atoms with Crippen LogP contribution in [-0.4, -0.2) is 34.1 Å². The van der Waals surface area contributed by atoms with Crippen molar-refractivity contribution in [3.05, 3.63) is 82.8 Å². The monoisotopic (exact) mass is 388 g/mol. The maximum Gasteiger partial charge on any atom is 0.337 e. The van der Waals surface area contributed by atoms with E-state index in [1.807, 2.05) is 48.5 Å². The summed E-state index contributed by atoms with van der Waals surface area (Å²) >= 11 is 1.24. The molecule has 1 heterocycles. The Kier molecular flexibility index (Phi) is 4.71. The van der Waals surface area contributed by atoms with Crippen molar-refractivity contribution in [1.29, 1.82) is 0 Å². The molecule has 1 aliphatic heterocycles. The average molecular weight is 388 g/mol. The Balaban J connectivity index is 1.74. The molecule has 0 aliphatic carbocycles. The molecule has 28 heavy (non-hydrogen) atoms. The van der Waals surface area contributed by atoms with Gasteiger partial charge in [-0.25, -0.2) is 9.79 Å². The second kappa shape index (κ2) is 7.32. The number of aliphatic imine (C=N–C) groups is 1. The number of amidine groups is 1. The van der Waals surface area contributed by atoms with Gasteiger partial charge in [-0.3, -0.25) is 9.69 Å². The molecule has 1 N–H and O–H groups in total. The van der Waals surface area contributed by atoms with E-state index in [-0.39, 0.29) is 11.5 Å². The number of amides is 1. The number of para-hydroxylation sites is 1. The van der Waals surface area contributed by atoms with E-state index in [1.165, 1.54) is 22.7 Å². The number of rotatable bonds is 3. The van der Waals surface area contributed by atoms with Gasteiger partial charge in [0.2, 0.25) is 0 Å². The zero-order chi connectivity index (χ0) is 19.7. The quantitative estimate of drug-likeness (QED) is 0.656. The first-order valence-electron chi connectivity index (χ1n) is 8.61. The van der Waals surface area contributed by atoms with E-state index in [0.717, 1.165) is 16.3 Å². The van der Waals surface area contributed by atoms with Crippen LogP contribution in [-0.2, 0) is 4.79 Å². The molecule has 138 valence electrons. The molecule has 4 rings (SSSR count). The molecule has 0 aromatic heterocycles. The number of fused-ring (bicyclic) bond motifs is 1. The largest absolute Gasteiger partial charge is 0.478 e. The van der Waals surface area contributed by atoms with Gasteiger partial charge in [-0.1, -0.05) is 54.6 Å². The topological polar surface area (TPSA) is 70.0 Å². The molecular weight excluding hydrogens is 372 g/mol. The molecule has 1 aliphatic rings. The molecule has 5 nitrogen and oxygen atoms in total. The summed E-state index contributed by atoms with van der Waals surface area (Å²) in [4.78, 5) is 30.5. The lowest BCUT2D eigenvalue weighted by Gasteiger charge is -2.08. The number of thioether (sulfide) groups is 1. The average Bonchev–Trinajstić information content (AvgIpc) is 2.96. The zero-order valence-corrected chi connectivity index (χ0v) is 15.8. The van der Waals surface area contributed by atoms with Gasteiger partial charge in [-0.2, -0.15) is 0 Å². The minimum atomic E-state index is -1.05. The van der Waals surface area contributed by atoms with Crippen molar-refractivity contribution >= 4 is 51.3 Å². The Morgan fingerprint density at radius 2 is 1.75 bits per heavy atom. The SMILES string of the molecule is CN1C(=O)/C(=C/c2cccc3ccccc23)SC1=Nc1ccccc1C(=O)O. The van der Waals surface area contributed by atoms with Crippen LogP contribution in [0.5, 0.6) is 0 Å². The summed E-state index contributed by atoms with van der Waals surface area (Å²) in [5.74, 6) is -1.21. The Morgan fingerprint density at radius 1 is 1.04 bits per heavy atom. The molecule has 1 saturated heterocycles. The number of hydrogen-bond acceptors (Lipinski definition) is 4. The summed E-state index contributed by atoms with van der Waals surface area (Å²) in [7, 11) is 1.64. The van der Waals surface area contributed by atoms with E-state index in [1.54, 1.807) is 25.2 Å². The number of carbonyl (C=O) groups is 2. The van der Waals surface area contributed by atoms with Gasteiger partial charge in [0.1, 0.15) is 0 Å². The third-order valence-corrected chi connectivity index (χ3v) is 5.52. The Bertz CT molecular complexity index is 1160.